The van der Waals surface area contributed by atoms with Gasteiger partial charge in [-0.2, -0.15) is 0 Å². The SMILES string of the molecule is CCCCCc1ccc2cc(OC)c(OC)c(OC)c2c1. The third kappa shape index (κ3) is 3.23. The first-order valence-corrected chi connectivity index (χ1v) is 7.46. The predicted octanol–water partition coefficient (Wildman–Crippen LogP) is 4.60. The van der Waals surface area contributed by atoms with E-state index >= 15 is 0 Å². The van der Waals surface area contributed by atoms with E-state index in [0.717, 1.165) is 22.9 Å². The molecule has 0 N–H and O–H groups in total. The molecular formula is C18H24O3. The number of ether oxygens (including phenoxy) is 3. The van der Waals surface area contributed by atoms with Gasteiger partial charge in [-0.15, -0.1) is 0 Å². The Labute approximate surface area is 126 Å². The fourth-order valence-electron chi connectivity index (χ4n) is 2.65. The molecule has 0 unspecified atom stereocenters. The number of unbranched alkanes of at least 4 members (excludes halogenated alkanes) is 2. The molecular weight excluding hydrogens is 264 g/mol. The van der Waals surface area contributed by atoms with Gasteiger partial charge in [-0.3, -0.25) is 0 Å². The Morgan fingerprint density at radius 2 is 1.62 bits per heavy atom. The summed E-state index contributed by atoms with van der Waals surface area (Å²) in [5.74, 6) is 2.09. The van der Waals surface area contributed by atoms with Gasteiger partial charge in [0, 0.05) is 5.39 Å². The summed E-state index contributed by atoms with van der Waals surface area (Å²) in [5.41, 5.74) is 1.33. The largest absolute Gasteiger partial charge is 0.493 e. The van der Waals surface area contributed by atoms with Crippen LogP contribution in [0.25, 0.3) is 10.8 Å². The van der Waals surface area contributed by atoms with Crippen LogP contribution >= 0.6 is 0 Å². The fraction of sp³-hybridized carbons (Fsp3) is 0.444. The summed E-state index contributed by atoms with van der Waals surface area (Å²) < 4.78 is 16.4. The first-order valence-electron chi connectivity index (χ1n) is 7.46. The molecule has 2 rings (SSSR count). The molecule has 2 aromatic rings. The molecule has 0 aliphatic heterocycles. The minimum Gasteiger partial charge on any atom is -0.493 e. The summed E-state index contributed by atoms with van der Waals surface area (Å²) >= 11 is 0. The second-order valence-corrected chi connectivity index (χ2v) is 5.16. The van der Waals surface area contributed by atoms with Crippen LogP contribution in [0, 0.1) is 0 Å². The molecule has 0 aromatic heterocycles. The highest BCUT2D eigenvalue weighted by atomic mass is 16.5. The van der Waals surface area contributed by atoms with Crippen LogP contribution in [-0.2, 0) is 6.42 Å². The van der Waals surface area contributed by atoms with E-state index in [0.29, 0.717) is 11.5 Å². The van der Waals surface area contributed by atoms with Crippen LogP contribution in [0.2, 0.25) is 0 Å². The van der Waals surface area contributed by atoms with Crippen molar-refractivity contribution in [3.63, 3.8) is 0 Å². The Morgan fingerprint density at radius 1 is 0.857 bits per heavy atom. The van der Waals surface area contributed by atoms with Crippen molar-refractivity contribution in [3.05, 3.63) is 29.8 Å². The lowest BCUT2D eigenvalue weighted by Crippen LogP contribution is -1.96. The van der Waals surface area contributed by atoms with E-state index in [1.165, 1.54) is 24.8 Å². The second kappa shape index (κ2) is 7.21. The minimum atomic E-state index is 0.651. The number of rotatable bonds is 7. The van der Waals surface area contributed by atoms with E-state index in [9.17, 15) is 0 Å². The van der Waals surface area contributed by atoms with Crippen LogP contribution in [0.4, 0.5) is 0 Å². The molecule has 0 fully saturated rings. The lowest BCUT2D eigenvalue weighted by molar-refractivity contribution is 0.327. The topological polar surface area (TPSA) is 27.7 Å². The molecule has 2 aromatic carbocycles. The molecule has 0 aliphatic rings. The fourth-order valence-corrected chi connectivity index (χ4v) is 2.65. The van der Waals surface area contributed by atoms with Crippen molar-refractivity contribution in [2.24, 2.45) is 0 Å². The molecule has 0 atom stereocenters. The molecule has 3 heteroatoms. The van der Waals surface area contributed by atoms with Crippen molar-refractivity contribution in [1.82, 2.24) is 0 Å². The van der Waals surface area contributed by atoms with Crippen LogP contribution in [0.15, 0.2) is 24.3 Å². The van der Waals surface area contributed by atoms with Gasteiger partial charge < -0.3 is 14.2 Å². The first kappa shape index (κ1) is 15.5. The Kier molecular flexibility index (Phi) is 5.32. The lowest BCUT2D eigenvalue weighted by Gasteiger charge is -2.15. The molecule has 0 amide bonds. The van der Waals surface area contributed by atoms with Gasteiger partial charge >= 0.3 is 0 Å². The van der Waals surface area contributed by atoms with E-state index in [-0.39, 0.29) is 0 Å². The second-order valence-electron chi connectivity index (χ2n) is 5.16. The molecule has 114 valence electrons. The summed E-state index contributed by atoms with van der Waals surface area (Å²) in [6.07, 6.45) is 4.82. The molecule has 0 heterocycles. The Morgan fingerprint density at radius 3 is 2.24 bits per heavy atom. The van der Waals surface area contributed by atoms with Gasteiger partial charge in [0.25, 0.3) is 0 Å². The minimum absolute atomic E-state index is 0.651. The predicted molar refractivity (Wildman–Crippen MR) is 86.8 cm³/mol. The van der Waals surface area contributed by atoms with E-state index in [1.807, 2.05) is 6.07 Å². The van der Waals surface area contributed by atoms with Crippen LogP contribution in [-0.4, -0.2) is 21.3 Å². The zero-order chi connectivity index (χ0) is 15.2. The number of aryl methyl sites for hydroxylation is 1. The molecule has 0 bridgehead atoms. The van der Waals surface area contributed by atoms with Gasteiger partial charge in [0.05, 0.1) is 21.3 Å². The maximum Gasteiger partial charge on any atom is 0.203 e. The van der Waals surface area contributed by atoms with E-state index < -0.39 is 0 Å². The van der Waals surface area contributed by atoms with Crippen LogP contribution in [0.1, 0.15) is 31.7 Å². The molecule has 3 nitrogen and oxygen atoms in total. The number of fused-ring (bicyclic) bond motifs is 1. The molecule has 21 heavy (non-hydrogen) atoms. The van der Waals surface area contributed by atoms with E-state index in [1.54, 1.807) is 21.3 Å². The Bertz CT molecular complexity index is 605. The standard InChI is InChI=1S/C18H24O3/c1-5-6-7-8-13-9-10-14-12-16(19-2)18(21-4)17(20-3)15(14)11-13/h9-12H,5-8H2,1-4H3. The third-order valence-electron chi connectivity index (χ3n) is 3.78. The van der Waals surface area contributed by atoms with Gasteiger partial charge in [0.1, 0.15) is 0 Å². The Balaban J connectivity index is 2.49. The van der Waals surface area contributed by atoms with Crippen molar-refractivity contribution in [2.45, 2.75) is 32.6 Å². The number of methoxy groups -OCH3 is 3. The van der Waals surface area contributed by atoms with Gasteiger partial charge in [-0.05, 0) is 35.9 Å². The quantitative estimate of drug-likeness (QED) is 0.697. The summed E-state index contributed by atoms with van der Waals surface area (Å²) in [6, 6.07) is 8.50. The molecule has 0 aliphatic carbocycles. The lowest BCUT2D eigenvalue weighted by atomic mass is 10.0. The van der Waals surface area contributed by atoms with E-state index in [2.05, 4.69) is 25.1 Å². The van der Waals surface area contributed by atoms with Crippen molar-refractivity contribution in [3.8, 4) is 17.2 Å². The molecule has 0 spiro atoms. The zero-order valence-electron chi connectivity index (χ0n) is 13.4. The van der Waals surface area contributed by atoms with Crippen LogP contribution < -0.4 is 14.2 Å². The molecule has 0 radical (unpaired) electrons. The highest BCUT2D eigenvalue weighted by Gasteiger charge is 2.15. The number of benzene rings is 2. The first-order chi connectivity index (χ1) is 10.2. The maximum absolute atomic E-state index is 5.57. The maximum atomic E-state index is 5.57. The zero-order valence-corrected chi connectivity index (χ0v) is 13.4. The van der Waals surface area contributed by atoms with Gasteiger partial charge in [-0.1, -0.05) is 31.9 Å². The van der Waals surface area contributed by atoms with Crippen molar-refractivity contribution < 1.29 is 14.2 Å². The van der Waals surface area contributed by atoms with Crippen LogP contribution in [0.5, 0.6) is 17.2 Å². The van der Waals surface area contributed by atoms with Gasteiger partial charge in [0.15, 0.2) is 11.5 Å². The highest BCUT2D eigenvalue weighted by molar-refractivity contribution is 5.93. The summed E-state index contributed by atoms with van der Waals surface area (Å²) in [6.45, 7) is 2.22. The molecule has 0 saturated carbocycles. The van der Waals surface area contributed by atoms with Gasteiger partial charge in [-0.25, -0.2) is 0 Å². The normalized spacial score (nSPS) is 10.7. The van der Waals surface area contributed by atoms with Crippen molar-refractivity contribution >= 4 is 10.8 Å². The number of hydrogen-bond acceptors (Lipinski definition) is 3. The average Bonchev–Trinajstić information content (AvgIpc) is 2.53. The Hall–Kier alpha value is -1.90. The summed E-state index contributed by atoms with van der Waals surface area (Å²) in [5, 5.41) is 2.17. The average molecular weight is 288 g/mol. The molecule has 0 saturated heterocycles. The van der Waals surface area contributed by atoms with Crippen LogP contribution in [0.3, 0.4) is 0 Å². The summed E-state index contributed by atoms with van der Waals surface area (Å²) in [7, 11) is 4.94. The van der Waals surface area contributed by atoms with E-state index in [4.69, 9.17) is 14.2 Å². The van der Waals surface area contributed by atoms with Crippen molar-refractivity contribution in [2.75, 3.05) is 21.3 Å². The smallest absolute Gasteiger partial charge is 0.203 e. The third-order valence-corrected chi connectivity index (χ3v) is 3.78. The highest BCUT2D eigenvalue weighted by Crippen LogP contribution is 2.43. The number of hydrogen-bond donors (Lipinski definition) is 0. The van der Waals surface area contributed by atoms with Gasteiger partial charge in [0.2, 0.25) is 5.75 Å². The monoisotopic (exact) mass is 288 g/mol. The summed E-state index contributed by atoms with van der Waals surface area (Å²) in [4.78, 5) is 0. The van der Waals surface area contributed by atoms with Crippen molar-refractivity contribution in [1.29, 1.82) is 0 Å².